The summed E-state index contributed by atoms with van der Waals surface area (Å²) in [5, 5.41) is 9.74. The van der Waals surface area contributed by atoms with E-state index in [4.69, 9.17) is 14.7 Å². The van der Waals surface area contributed by atoms with Crippen molar-refractivity contribution in [2.45, 2.75) is 39.2 Å². The minimum absolute atomic E-state index is 0.137. The van der Waals surface area contributed by atoms with Crippen molar-refractivity contribution in [2.24, 2.45) is 13.0 Å². The highest BCUT2D eigenvalue weighted by atomic mass is 16.5. The fourth-order valence-corrected chi connectivity index (χ4v) is 5.77. The molecular formula is C30H32N6O. The summed E-state index contributed by atoms with van der Waals surface area (Å²) >= 11 is 0. The van der Waals surface area contributed by atoms with Gasteiger partial charge in [0.15, 0.2) is 0 Å². The Morgan fingerprint density at radius 1 is 1.08 bits per heavy atom. The summed E-state index contributed by atoms with van der Waals surface area (Å²) in [6, 6.07) is 15.4. The largest absolute Gasteiger partial charge is 0.381 e. The standard InChI is InChI=1S/C30H32N6O/c1-5-24-30(35(4)34-33-24)22-15-27-28(32-17-22)23-18-31-25(19(2)3)16-26(23)36(27)29(20-9-7-6-8-10-20)21-11-13-37-14-12-21/h6-10,15-18,21,29H,2,5,11-14H2,1,3-4H3/t29-/m1/s1. The molecule has 7 nitrogen and oxygen atoms in total. The molecule has 188 valence electrons. The van der Waals surface area contributed by atoms with Crippen molar-refractivity contribution < 1.29 is 4.74 Å². The first-order valence-electron chi connectivity index (χ1n) is 13.0. The van der Waals surface area contributed by atoms with Gasteiger partial charge in [-0.15, -0.1) is 5.10 Å². The molecule has 5 heterocycles. The van der Waals surface area contributed by atoms with E-state index in [1.165, 1.54) is 5.56 Å². The Morgan fingerprint density at radius 3 is 2.59 bits per heavy atom. The van der Waals surface area contributed by atoms with Crippen molar-refractivity contribution >= 4 is 27.5 Å². The summed E-state index contributed by atoms with van der Waals surface area (Å²) in [6.45, 7) is 9.85. The van der Waals surface area contributed by atoms with Crippen molar-refractivity contribution in [1.29, 1.82) is 0 Å². The lowest BCUT2D eigenvalue weighted by atomic mass is 9.86. The summed E-state index contributed by atoms with van der Waals surface area (Å²) in [6.07, 6.45) is 6.74. The van der Waals surface area contributed by atoms with Crippen LogP contribution in [0.1, 0.15) is 49.7 Å². The molecule has 0 aliphatic carbocycles. The summed E-state index contributed by atoms with van der Waals surface area (Å²) in [4.78, 5) is 9.75. The molecule has 5 aromatic rings. The molecule has 1 aliphatic rings. The number of nitrogens with zero attached hydrogens (tertiary/aromatic N) is 6. The van der Waals surface area contributed by atoms with Gasteiger partial charge in [0.1, 0.15) is 0 Å². The van der Waals surface area contributed by atoms with Gasteiger partial charge in [-0.1, -0.05) is 49.0 Å². The van der Waals surface area contributed by atoms with Crippen LogP contribution >= 0.6 is 0 Å². The lowest BCUT2D eigenvalue weighted by Gasteiger charge is -2.33. The second kappa shape index (κ2) is 9.56. The molecule has 7 heteroatoms. The minimum atomic E-state index is 0.137. The summed E-state index contributed by atoms with van der Waals surface area (Å²) in [5.74, 6) is 0.435. The molecule has 1 aromatic carbocycles. The molecule has 1 fully saturated rings. The van der Waals surface area contributed by atoms with Crippen molar-refractivity contribution in [1.82, 2.24) is 29.5 Å². The van der Waals surface area contributed by atoms with E-state index in [0.29, 0.717) is 5.92 Å². The van der Waals surface area contributed by atoms with E-state index in [2.05, 4.69) is 70.8 Å². The zero-order chi connectivity index (χ0) is 25.5. The first-order chi connectivity index (χ1) is 18.1. The van der Waals surface area contributed by atoms with Crippen molar-refractivity contribution in [3.05, 3.63) is 78.4 Å². The first-order valence-corrected chi connectivity index (χ1v) is 13.0. The molecule has 0 spiro atoms. The van der Waals surface area contributed by atoms with Crippen LogP contribution in [0.15, 0.2) is 61.4 Å². The average Bonchev–Trinajstić information content (AvgIpc) is 3.47. The lowest BCUT2D eigenvalue weighted by molar-refractivity contribution is 0.0553. The van der Waals surface area contributed by atoms with Gasteiger partial charge in [-0.05, 0) is 55.4 Å². The van der Waals surface area contributed by atoms with Crippen LogP contribution in [0.5, 0.6) is 0 Å². The maximum absolute atomic E-state index is 5.78. The van der Waals surface area contributed by atoms with Gasteiger partial charge in [0.2, 0.25) is 0 Å². The molecular weight excluding hydrogens is 460 g/mol. The van der Waals surface area contributed by atoms with E-state index in [0.717, 1.165) is 82.6 Å². The van der Waals surface area contributed by atoms with Crippen LogP contribution in [0.25, 0.3) is 38.8 Å². The van der Waals surface area contributed by atoms with E-state index in [1.807, 2.05) is 31.0 Å². The van der Waals surface area contributed by atoms with Gasteiger partial charge in [-0.3, -0.25) is 9.97 Å². The topological polar surface area (TPSA) is 70.7 Å². The Morgan fingerprint density at radius 2 is 1.86 bits per heavy atom. The third-order valence-electron chi connectivity index (χ3n) is 7.60. The van der Waals surface area contributed by atoms with Gasteiger partial charge in [0.05, 0.1) is 39.7 Å². The Kier molecular flexibility index (Phi) is 6.08. The van der Waals surface area contributed by atoms with Gasteiger partial charge in [0, 0.05) is 43.6 Å². The van der Waals surface area contributed by atoms with Crippen LogP contribution in [0, 0.1) is 5.92 Å². The maximum Gasteiger partial charge on any atom is 0.0976 e. The molecule has 1 aliphatic heterocycles. The van der Waals surface area contributed by atoms with E-state index >= 15 is 0 Å². The number of ether oxygens (including phenoxy) is 1. The third kappa shape index (κ3) is 4.03. The number of allylic oxidation sites excluding steroid dienone is 1. The van der Waals surface area contributed by atoms with E-state index in [-0.39, 0.29) is 6.04 Å². The number of aryl methyl sites for hydroxylation is 2. The Labute approximate surface area is 216 Å². The summed E-state index contributed by atoms with van der Waals surface area (Å²) in [7, 11) is 1.94. The molecule has 1 atom stereocenters. The van der Waals surface area contributed by atoms with E-state index < -0.39 is 0 Å². The highest BCUT2D eigenvalue weighted by Crippen LogP contribution is 2.41. The Balaban J connectivity index is 1.68. The number of hydrogen-bond donors (Lipinski definition) is 0. The average molecular weight is 493 g/mol. The van der Waals surface area contributed by atoms with Gasteiger partial charge in [-0.25, -0.2) is 4.68 Å². The predicted octanol–water partition coefficient (Wildman–Crippen LogP) is 5.99. The number of benzene rings is 1. The molecule has 1 saturated heterocycles. The molecule has 6 rings (SSSR count). The van der Waals surface area contributed by atoms with Crippen molar-refractivity contribution in [2.75, 3.05) is 13.2 Å². The van der Waals surface area contributed by atoms with E-state index in [1.54, 1.807) is 0 Å². The molecule has 0 unspecified atom stereocenters. The molecule has 0 bridgehead atoms. The highest BCUT2D eigenvalue weighted by Gasteiger charge is 2.30. The molecule has 0 saturated carbocycles. The van der Waals surface area contributed by atoms with Crippen molar-refractivity contribution in [3.8, 4) is 11.3 Å². The summed E-state index contributed by atoms with van der Waals surface area (Å²) < 4.78 is 10.1. The third-order valence-corrected chi connectivity index (χ3v) is 7.60. The number of aromatic nitrogens is 6. The minimum Gasteiger partial charge on any atom is -0.381 e. The first kappa shape index (κ1) is 23.6. The molecule has 4 aromatic heterocycles. The Hall–Kier alpha value is -3.84. The fourth-order valence-electron chi connectivity index (χ4n) is 5.77. The van der Waals surface area contributed by atoms with Gasteiger partial charge >= 0.3 is 0 Å². The van der Waals surface area contributed by atoms with Crippen LogP contribution in [-0.2, 0) is 18.2 Å². The fraction of sp³-hybridized carbons (Fsp3) is 0.333. The Bertz CT molecular complexity index is 1590. The normalized spacial score (nSPS) is 15.4. The number of rotatable bonds is 6. The number of pyridine rings is 2. The van der Waals surface area contributed by atoms with Gasteiger partial charge < -0.3 is 9.30 Å². The van der Waals surface area contributed by atoms with Crippen LogP contribution in [0.3, 0.4) is 0 Å². The number of fused-ring (bicyclic) bond motifs is 3. The molecule has 0 N–H and O–H groups in total. The van der Waals surface area contributed by atoms with Crippen LogP contribution in [-0.4, -0.2) is 42.7 Å². The predicted molar refractivity (Wildman–Crippen MR) is 147 cm³/mol. The van der Waals surface area contributed by atoms with Gasteiger partial charge in [-0.2, -0.15) is 0 Å². The lowest BCUT2D eigenvalue weighted by Crippen LogP contribution is -2.27. The molecule has 0 amide bonds. The maximum atomic E-state index is 5.78. The monoisotopic (exact) mass is 492 g/mol. The smallest absolute Gasteiger partial charge is 0.0976 e. The second-order valence-electron chi connectivity index (χ2n) is 10.00. The number of hydrogen-bond acceptors (Lipinski definition) is 5. The molecule has 37 heavy (non-hydrogen) atoms. The van der Waals surface area contributed by atoms with Crippen LogP contribution in [0.2, 0.25) is 0 Å². The quantitative estimate of drug-likeness (QED) is 0.291. The highest BCUT2D eigenvalue weighted by molar-refractivity contribution is 6.07. The SMILES string of the molecule is C=C(C)c1cc2c(cn1)c1ncc(-c3c(CC)nnn3C)cc1n2[C@H](c1ccccc1)C1CCOCC1. The van der Waals surface area contributed by atoms with E-state index in [9.17, 15) is 0 Å². The second-order valence-corrected chi connectivity index (χ2v) is 10.00. The zero-order valence-electron chi connectivity index (χ0n) is 21.7. The molecule has 0 radical (unpaired) electrons. The van der Waals surface area contributed by atoms with Gasteiger partial charge in [0.25, 0.3) is 0 Å². The van der Waals surface area contributed by atoms with Crippen molar-refractivity contribution in [3.63, 3.8) is 0 Å². The van der Waals surface area contributed by atoms with Crippen LogP contribution < -0.4 is 0 Å². The van der Waals surface area contributed by atoms with Crippen LogP contribution in [0.4, 0.5) is 0 Å². The summed E-state index contributed by atoms with van der Waals surface area (Å²) in [5.41, 5.74) is 9.34. The zero-order valence-corrected chi connectivity index (χ0v) is 21.7.